The van der Waals surface area contributed by atoms with Crippen molar-refractivity contribution in [1.29, 1.82) is 0 Å². The predicted octanol–water partition coefficient (Wildman–Crippen LogP) is 1.36. The minimum atomic E-state index is -0.462. The minimum absolute atomic E-state index is 0.274. The number of carbonyl (C=O) groups is 1. The summed E-state index contributed by atoms with van der Waals surface area (Å²) < 4.78 is 11.2. The van der Waals surface area contributed by atoms with Crippen LogP contribution in [-0.2, 0) is 16.0 Å². The summed E-state index contributed by atoms with van der Waals surface area (Å²) >= 11 is 5.83. The number of aromatic nitrogens is 2. The Balaban J connectivity index is 2.83. The number of carbonyl (C=O) groups excluding carboxylic acids is 1. The fourth-order valence-electron chi connectivity index (χ4n) is 1.11. The number of methoxy groups -OCH3 is 1. The molecule has 0 fully saturated rings. The number of esters is 1. The summed E-state index contributed by atoms with van der Waals surface area (Å²) in [6.45, 7) is 2.98. The lowest BCUT2D eigenvalue weighted by molar-refractivity contribution is 0.0509. The smallest absolute Gasteiger partial charge is 0.358 e. The van der Waals surface area contributed by atoms with Gasteiger partial charge in [0.25, 0.3) is 0 Å². The average molecular weight is 233 g/mol. The van der Waals surface area contributed by atoms with Crippen LogP contribution < -0.4 is 0 Å². The van der Waals surface area contributed by atoms with Crippen LogP contribution in [0.5, 0.6) is 0 Å². The Bertz CT molecular complexity index is 338. The van der Waals surface area contributed by atoms with Gasteiger partial charge >= 0.3 is 5.97 Å². The van der Waals surface area contributed by atoms with Gasteiger partial charge in [-0.3, -0.25) is 4.68 Å². The quantitative estimate of drug-likeness (QED) is 0.720. The van der Waals surface area contributed by atoms with E-state index in [1.54, 1.807) is 14.0 Å². The lowest BCUT2D eigenvalue weighted by Gasteiger charge is -2.06. The highest BCUT2D eigenvalue weighted by Gasteiger charge is 2.18. The Labute approximate surface area is 92.9 Å². The first kappa shape index (κ1) is 12.0. The average Bonchev–Trinajstić information content (AvgIpc) is 2.57. The van der Waals surface area contributed by atoms with E-state index in [1.807, 2.05) is 0 Å². The standard InChI is InChI=1S/C9H13ClN2O3/c1-3-15-9(13)8-7(10)6-11-12(8)4-5-14-2/h6H,3-5H2,1-2H3. The van der Waals surface area contributed by atoms with Gasteiger partial charge in [-0.05, 0) is 6.92 Å². The first-order valence-corrected chi connectivity index (χ1v) is 4.95. The molecule has 84 valence electrons. The summed E-state index contributed by atoms with van der Waals surface area (Å²) in [5.74, 6) is -0.462. The van der Waals surface area contributed by atoms with Gasteiger partial charge < -0.3 is 9.47 Å². The van der Waals surface area contributed by atoms with Gasteiger partial charge in [0.2, 0.25) is 0 Å². The lowest BCUT2D eigenvalue weighted by atomic mass is 10.4. The zero-order valence-corrected chi connectivity index (χ0v) is 9.45. The molecule has 0 saturated carbocycles. The molecular formula is C9H13ClN2O3. The molecule has 0 aliphatic carbocycles. The van der Waals surface area contributed by atoms with E-state index in [0.29, 0.717) is 24.8 Å². The van der Waals surface area contributed by atoms with Gasteiger partial charge in [0.15, 0.2) is 5.69 Å². The largest absolute Gasteiger partial charge is 0.461 e. The molecule has 0 aliphatic heterocycles. The van der Waals surface area contributed by atoms with Crippen LogP contribution >= 0.6 is 11.6 Å². The van der Waals surface area contributed by atoms with Gasteiger partial charge in [-0.2, -0.15) is 5.10 Å². The Hall–Kier alpha value is -1.07. The molecule has 0 bridgehead atoms. The van der Waals surface area contributed by atoms with Crippen molar-refractivity contribution in [1.82, 2.24) is 9.78 Å². The van der Waals surface area contributed by atoms with E-state index < -0.39 is 5.97 Å². The summed E-state index contributed by atoms with van der Waals surface area (Å²) in [6.07, 6.45) is 1.42. The third-order valence-electron chi connectivity index (χ3n) is 1.77. The Morgan fingerprint density at radius 1 is 1.67 bits per heavy atom. The van der Waals surface area contributed by atoms with Gasteiger partial charge in [-0.25, -0.2) is 4.79 Å². The van der Waals surface area contributed by atoms with Crippen LogP contribution in [0.1, 0.15) is 17.4 Å². The molecule has 0 amide bonds. The highest BCUT2D eigenvalue weighted by molar-refractivity contribution is 6.33. The topological polar surface area (TPSA) is 53.3 Å². The SMILES string of the molecule is CCOC(=O)c1c(Cl)cnn1CCOC. The summed E-state index contributed by atoms with van der Waals surface area (Å²) in [7, 11) is 1.58. The van der Waals surface area contributed by atoms with Crippen LogP contribution in [0.2, 0.25) is 5.02 Å². The van der Waals surface area contributed by atoms with Crippen molar-refractivity contribution >= 4 is 17.6 Å². The van der Waals surface area contributed by atoms with Crippen molar-refractivity contribution in [2.45, 2.75) is 13.5 Å². The number of halogens is 1. The number of ether oxygens (including phenoxy) is 2. The molecule has 1 aromatic heterocycles. The van der Waals surface area contributed by atoms with E-state index >= 15 is 0 Å². The summed E-state index contributed by atoms with van der Waals surface area (Å²) in [5, 5.41) is 4.26. The Kier molecular flexibility index (Phi) is 4.58. The Morgan fingerprint density at radius 3 is 3.00 bits per heavy atom. The van der Waals surface area contributed by atoms with E-state index in [2.05, 4.69) is 5.10 Å². The number of hydrogen-bond donors (Lipinski definition) is 0. The zero-order chi connectivity index (χ0) is 11.3. The second kappa shape index (κ2) is 5.72. The maximum absolute atomic E-state index is 11.5. The molecule has 0 N–H and O–H groups in total. The molecule has 0 aliphatic rings. The first-order chi connectivity index (χ1) is 7.20. The van der Waals surface area contributed by atoms with Crippen molar-refractivity contribution in [3.8, 4) is 0 Å². The third kappa shape index (κ3) is 2.94. The molecule has 15 heavy (non-hydrogen) atoms. The summed E-state index contributed by atoms with van der Waals surface area (Å²) in [4.78, 5) is 11.5. The van der Waals surface area contributed by atoms with Crippen LogP contribution in [0.25, 0.3) is 0 Å². The van der Waals surface area contributed by atoms with E-state index in [4.69, 9.17) is 21.1 Å². The molecule has 1 heterocycles. The molecule has 0 atom stereocenters. The Morgan fingerprint density at radius 2 is 2.40 bits per heavy atom. The molecule has 6 heteroatoms. The maximum atomic E-state index is 11.5. The molecule has 1 rings (SSSR count). The fourth-order valence-corrected chi connectivity index (χ4v) is 1.33. The van der Waals surface area contributed by atoms with Crippen LogP contribution in [0.4, 0.5) is 0 Å². The van der Waals surface area contributed by atoms with Crippen molar-refractivity contribution in [2.75, 3.05) is 20.3 Å². The lowest BCUT2D eigenvalue weighted by Crippen LogP contribution is -2.16. The van der Waals surface area contributed by atoms with E-state index in [1.165, 1.54) is 10.9 Å². The van der Waals surface area contributed by atoms with Crippen molar-refractivity contribution < 1.29 is 14.3 Å². The maximum Gasteiger partial charge on any atom is 0.358 e. The van der Waals surface area contributed by atoms with Gasteiger partial charge in [-0.1, -0.05) is 11.6 Å². The van der Waals surface area contributed by atoms with Crippen molar-refractivity contribution in [2.24, 2.45) is 0 Å². The van der Waals surface area contributed by atoms with Crippen LogP contribution in [-0.4, -0.2) is 36.1 Å². The fraction of sp³-hybridized carbons (Fsp3) is 0.556. The molecule has 0 saturated heterocycles. The molecule has 0 spiro atoms. The van der Waals surface area contributed by atoms with Crippen molar-refractivity contribution in [3.63, 3.8) is 0 Å². The summed E-state index contributed by atoms with van der Waals surface area (Å²) in [5.41, 5.74) is 0.274. The van der Waals surface area contributed by atoms with Gasteiger partial charge in [-0.15, -0.1) is 0 Å². The van der Waals surface area contributed by atoms with Gasteiger partial charge in [0.1, 0.15) is 0 Å². The van der Waals surface area contributed by atoms with Crippen molar-refractivity contribution in [3.05, 3.63) is 16.9 Å². The predicted molar refractivity (Wildman–Crippen MR) is 55.1 cm³/mol. The highest BCUT2D eigenvalue weighted by Crippen LogP contribution is 2.16. The first-order valence-electron chi connectivity index (χ1n) is 4.58. The van der Waals surface area contributed by atoms with E-state index in [-0.39, 0.29) is 5.69 Å². The molecule has 0 radical (unpaired) electrons. The second-order valence-corrected chi connectivity index (χ2v) is 3.18. The number of nitrogens with zero attached hydrogens (tertiary/aromatic N) is 2. The number of hydrogen-bond acceptors (Lipinski definition) is 4. The van der Waals surface area contributed by atoms with Crippen LogP contribution in [0.3, 0.4) is 0 Å². The van der Waals surface area contributed by atoms with Gasteiger partial charge in [0.05, 0.1) is 31.0 Å². The third-order valence-corrected chi connectivity index (χ3v) is 2.05. The molecule has 5 nitrogen and oxygen atoms in total. The van der Waals surface area contributed by atoms with Crippen LogP contribution in [0, 0.1) is 0 Å². The zero-order valence-electron chi connectivity index (χ0n) is 8.70. The number of rotatable bonds is 5. The van der Waals surface area contributed by atoms with Crippen LogP contribution in [0.15, 0.2) is 6.20 Å². The molecule has 0 aromatic carbocycles. The van der Waals surface area contributed by atoms with E-state index in [9.17, 15) is 4.79 Å². The monoisotopic (exact) mass is 232 g/mol. The minimum Gasteiger partial charge on any atom is -0.461 e. The molecular weight excluding hydrogens is 220 g/mol. The van der Waals surface area contributed by atoms with E-state index in [0.717, 1.165) is 0 Å². The van der Waals surface area contributed by atoms with Gasteiger partial charge in [0, 0.05) is 7.11 Å². The normalized spacial score (nSPS) is 10.3. The second-order valence-electron chi connectivity index (χ2n) is 2.78. The molecule has 0 unspecified atom stereocenters. The molecule has 1 aromatic rings. The highest BCUT2D eigenvalue weighted by atomic mass is 35.5. The summed E-state index contributed by atoms with van der Waals surface area (Å²) in [6, 6.07) is 0.